The van der Waals surface area contributed by atoms with Crippen LogP contribution in [0.15, 0.2) is 58.3 Å². The number of ether oxygens (including phenoxy) is 2. The van der Waals surface area contributed by atoms with E-state index in [1.54, 1.807) is 6.07 Å². The van der Waals surface area contributed by atoms with E-state index < -0.39 is 0 Å². The zero-order chi connectivity index (χ0) is 21.2. The van der Waals surface area contributed by atoms with Gasteiger partial charge < -0.3 is 19.5 Å². The summed E-state index contributed by atoms with van der Waals surface area (Å²) in [6, 6.07) is 15.4. The summed E-state index contributed by atoms with van der Waals surface area (Å²) in [7, 11) is 1.40. The monoisotopic (exact) mass is 430 g/mol. The highest BCUT2D eigenvalue weighted by atomic mass is 32.2. The summed E-state index contributed by atoms with van der Waals surface area (Å²) in [6.45, 7) is 6.90. The van der Waals surface area contributed by atoms with Crippen molar-refractivity contribution in [3.8, 4) is 5.75 Å². The maximum atomic E-state index is 11.9. The van der Waals surface area contributed by atoms with Gasteiger partial charge in [0.15, 0.2) is 0 Å². The van der Waals surface area contributed by atoms with Crippen molar-refractivity contribution in [1.29, 1.82) is 0 Å². The van der Waals surface area contributed by atoms with Crippen LogP contribution in [0.4, 0.5) is 0 Å². The molecule has 30 heavy (non-hydrogen) atoms. The van der Waals surface area contributed by atoms with E-state index >= 15 is 0 Å². The zero-order valence-corrected chi connectivity index (χ0v) is 18.3. The molecule has 0 atom stereocenters. The Kier molecular flexibility index (Phi) is 9.01. The van der Waals surface area contributed by atoms with Gasteiger partial charge in [0.25, 0.3) is 0 Å². The average molecular weight is 431 g/mol. The summed E-state index contributed by atoms with van der Waals surface area (Å²) in [5, 5.41) is 9.01. The molecule has 0 amide bonds. The van der Waals surface area contributed by atoms with E-state index in [2.05, 4.69) is 9.80 Å². The topological polar surface area (TPSA) is 62.2 Å². The summed E-state index contributed by atoms with van der Waals surface area (Å²) in [5.41, 5.74) is 0.572. The zero-order valence-electron chi connectivity index (χ0n) is 17.5. The van der Waals surface area contributed by atoms with Crippen LogP contribution in [0.2, 0.25) is 0 Å². The fraction of sp³-hybridized carbons (Fsp3) is 0.435. The van der Waals surface area contributed by atoms with Crippen molar-refractivity contribution in [2.45, 2.75) is 16.2 Å². The minimum absolute atomic E-state index is 0.239. The Morgan fingerprint density at radius 1 is 1.00 bits per heavy atom. The van der Waals surface area contributed by atoms with Crippen molar-refractivity contribution >= 4 is 17.7 Å². The minimum Gasteiger partial charge on any atom is -0.494 e. The highest BCUT2D eigenvalue weighted by Crippen LogP contribution is 2.31. The summed E-state index contributed by atoms with van der Waals surface area (Å²) in [5.74, 6) is 0.529. The number of hydrogen-bond acceptors (Lipinski definition) is 7. The van der Waals surface area contributed by atoms with Crippen LogP contribution in [-0.4, -0.2) is 80.5 Å². The molecule has 0 bridgehead atoms. The first-order valence-corrected chi connectivity index (χ1v) is 11.1. The first kappa shape index (κ1) is 22.6. The summed E-state index contributed by atoms with van der Waals surface area (Å²) >= 11 is 1.53. The third-order valence-electron chi connectivity index (χ3n) is 5.11. The predicted octanol–water partition coefficient (Wildman–Crippen LogP) is 3.00. The maximum absolute atomic E-state index is 11.9. The fourth-order valence-electron chi connectivity index (χ4n) is 3.42. The van der Waals surface area contributed by atoms with Crippen LogP contribution in [0.1, 0.15) is 16.8 Å². The van der Waals surface area contributed by atoms with Gasteiger partial charge in [0.05, 0.1) is 25.9 Å². The predicted molar refractivity (Wildman–Crippen MR) is 118 cm³/mol. The van der Waals surface area contributed by atoms with Crippen molar-refractivity contribution in [3.63, 3.8) is 0 Å². The fourth-order valence-corrected chi connectivity index (χ4v) is 4.36. The second kappa shape index (κ2) is 12.0. The van der Waals surface area contributed by atoms with E-state index in [0.29, 0.717) is 12.2 Å². The number of carbonyl (C=O) groups is 1. The maximum Gasteiger partial charge on any atom is 0.339 e. The van der Waals surface area contributed by atoms with E-state index in [1.165, 1.54) is 18.9 Å². The number of benzene rings is 2. The average Bonchev–Trinajstić information content (AvgIpc) is 2.79. The van der Waals surface area contributed by atoms with Crippen LogP contribution in [0.5, 0.6) is 5.75 Å². The number of carbonyl (C=O) groups excluding carboxylic acids is 1. The third kappa shape index (κ3) is 6.74. The van der Waals surface area contributed by atoms with E-state index in [1.807, 2.05) is 42.5 Å². The van der Waals surface area contributed by atoms with Crippen LogP contribution in [-0.2, 0) is 4.74 Å². The number of aliphatic hydroxyl groups is 1. The number of rotatable bonds is 10. The SMILES string of the molecule is COC(=O)c1ccccc1Sc1ccc(OCCCN2CCN(CCO)CC2)cc1. The number of esters is 1. The molecule has 162 valence electrons. The summed E-state index contributed by atoms with van der Waals surface area (Å²) < 4.78 is 10.7. The Bertz CT molecular complexity index is 792. The van der Waals surface area contributed by atoms with Crippen LogP contribution in [0.3, 0.4) is 0 Å². The first-order valence-electron chi connectivity index (χ1n) is 10.3. The smallest absolute Gasteiger partial charge is 0.339 e. The van der Waals surface area contributed by atoms with Crippen molar-refractivity contribution in [2.24, 2.45) is 0 Å². The number of piperazine rings is 1. The lowest BCUT2D eigenvalue weighted by Gasteiger charge is -2.34. The largest absolute Gasteiger partial charge is 0.494 e. The molecule has 0 unspecified atom stereocenters. The molecule has 0 aromatic heterocycles. The van der Waals surface area contributed by atoms with Crippen molar-refractivity contribution in [3.05, 3.63) is 54.1 Å². The van der Waals surface area contributed by atoms with Gasteiger partial charge in [-0.25, -0.2) is 4.79 Å². The summed E-state index contributed by atoms with van der Waals surface area (Å²) in [4.78, 5) is 18.6. The molecule has 1 saturated heterocycles. The number of hydrogen-bond donors (Lipinski definition) is 1. The Morgan fingerprint density at radius 3 is 2.33 bits per heavy atom. The molecule has 0 radical (unpaired) electrons. The molecule has 2 aromatic carbocycles. The number of β-amino-alcohol motifs (C(OH)–C–C–N with tert-alkyl or cyclic N) is 1. The molecule has 0 spiro atoms. The van der Waals surface area contributed by atoms with Gasteiger partial charge in [-0.2, -0.15) is 0 Å². The highest BCUT2D eigenvalue weighted by Gasteiger charge is 2.15. The lowest BCUT2D eigenvalue weighted by molar-refractivity contribution is 0.0597. The molecule has 1 aliphatic heterocycles. The molecular weight excluding hydrogens is 400 g/mol. The van der Waals surface area contributed by atoms with Gasteiger partial charge in [0, 0.05) is 49.1 Å². The Balaban J connectivity index is 1.41. The van der Waals surface area contributed by atoms with E-state index in [4.69, 9.17) is 14.6 Å². The van der Waals surface area contributed by atoms with Crippen molar-refractivity contribution in [1.82, 2.24) is 9.80 Å². The Hall–Kier alpha value is -2.06. The molecule has 2 aromatic rings. The van der Waals surface area contributed by atoms with Gasteiger partial charge in [0.2, 0.25) is 0 Å². The van der Waals surface area contributed by atoms with Crippen LogP contribution in [0.25, 0.3) is 0 Å². The molecule has 1 fully saturated rings. The molecule has 1 aliphatic rings. The third-order valence-corrected chi connectivity index (χ3v) is 6.20. The molecule has 0 aliphatic carbocycles. The van der Waals surface area contributed by atoms with Crippen LogP contribution in [0, 0.1) is 0 Å². The molecule has 1 heterocycles. The van der Waals surface area contributed by atoms with Gasteiger partial charge in [-0.05, 0) is 42.8 Å². The molecule has 1 N–H and O–H groups in total. The van der Waals surface area contributed by atoms with Gasteiger partial charge in [0.1, 0.15) is 5.75 Å². The molecule has 7 heteroatoms. The number of nitrogens with zero attached hydrogens (tertiary/aromatic N) is 2. The number of methoxy groups -OCH3 is 1. The van der Waals surface area contributed by atoms with E-state index in [9.17, 15) is 4.79 Å². The molecule has 0 saturated carbocycles. The number of aliphatic hydroxyl groups excluding tert-OH is 1. The van der Waals surface area contributed by atoms with E-state index in [0.717, 1.165) is 61.2 Å². The molecule has 6 nitrogen and oxygen atoms in total. The van der Waals surface area contributed by atoms with Crippen LogP contribution >= 0.6 is 11.8 Å². The first-order chi connectivity index (χ1) is 14.7. The molecule has 3 rings (SSSR count). The van der Waals surface area contributed by atoms with Crippen LogP contribution < -0.4 is 4.74 Å². The Morgan fingerprint density at radius 2 is 1.67 bits per heavy atom. The van der Waals surface area contributed by atoms with Gasteiger partial charge in [-0.3, -0.25) is 4.90 Å². The quantitative estimate of drug-likeness (QED) is 0.459. The van der Waals surface area contributed by atoms with Gasteiger partial charge in [-0.1, -0.05) is 23.9 Å². The second-order valence-corrected chi connectivity index (χ2v) is 8.29. The van der Waals surface area contributed by atoms with Crippen molar-refractivity contribution < 1.29 is 19.4 Å². The highest BCUT2D eigenvalue weighted by molar-refractivity contribution is 7.99. The van der Waals surface area contributed by atoms with Gasteiger partial charge >= 0.3 is 5.97 Å². The standard InChI is InChI=1S/C23H30N2O4S/c1-28-23(27)21-5-2-3-6-22(21)30-20-9-7-19(8-10-20)29-18-4-11-24-12-14-25(15-13-24)16-17-26/h2-3,5-10,26H,4,11-18H2,1H3. The molecular formula is C23H30N2O4S. The van der Waals surface area contributed by atoms with Gasteiger partial charge in [-0.15, -0.1) is 0 Å². The van der Waals surface area contributed by atoms with Crippen molar-refractivity contribution in [2.75, 3.05) is 59.6 Å². The Labute approximate surface area is 182 Å². The lowest BCUT2D eigenvalue weighted by atomic mass is 10.2. The second-order valence-electron chi connectivity index (χ2n) is 7.17. The lowest BCUT2D eigenvalue weighted by Crippen LogP contribution is -2.47. The summed E-state index contributed by atoms with van der Waals surface area (Å²) in [6.07, 6.45) is 0.989. The van der Waals surface area contributed by atoms with E-state index in [-0.39, 0.29) is 12.6 Å². The minimum atomic E-state index is -0.326. The normalized spacial score (nSPS) is 15.1.